The third-order valence-corrected chi connectivity index (χ3v) is 2.21. The fourth-order valence-corrected chi connectivity index (χ4v) is 1.47. The Hall–Kier alpha value is -1.75. The molecule has 0 aliphatic heterocycles. The molecule has 0 spiro atoms. The zero-order valence-corrected chi connectivity index (χ0v) is 9.36. The number of rotatable bonds is 3. The molecule has 5 nitrogen and oxygen atoms in total. The minimum Gasteiger partial charge on any atom is -0.484 e. The molecule has 0 unspecified atom stereocenters. The largest absolute Gasteiger partial charge is 0.484 e. The maximum Gasteiger partial charge on any atom is 0.312 e. The van der Waals surface area contributed by atoms with Crippen LogP contribution in [0.2, 0.25) is 5.02 Å². The highest BCUT2D eigenvalue weighted by Crippen LogP contribution is 2.22. The lowest BCUT2D eigenvalue weighted by Gasteiger charge is -2.06. The highest BCUT2D eigenvalue weighted by molar-refractivity contribution is 6.30. The number of halogens is 1. The van der Waals surface area contributed by atoms with E-state index in [0.29, 0.717) is 10.9 Å². The summed E-state index contributed by atoms with van der Waals surface area (Å²) in [6, 6.07) is 5.40. The van der Waals surface area contributed by atoms with Gasteiger partial charge in [-0.15, -0.1) is 5.10 Å². The van der Waals surface area contributed by atoms with Crippen molar-refractivity contribution < 1.29 is 9.15 Å². The van der Waals surface area contributed by atoms with E-state index >= 15 is 0 Å². The average molecular weight is 240 g/mol. The predicted octanol–water partition coefficient (Wildman–Crippen LogP) is 2.19. The van der Waals surface area contributed by atoms with E-state index in [1.165, 1.54) is 0 Å². The highest BCUT2D eigenvalue weighted by atomic mass is 35.5. The van der Waals surface area contributed by atoms with Crippen LogP contribution in [0.1, 0.15) is 11.5 Å². The number of nitrogens with two attached hydrogens (primary N) is 1. The van der Waals surface area contributed by atoms with Gasteiger partial charge >= 0.3 is 6.01 Å². The van der Waals surface area contributed by atoms with Crippen LogP contribution in [0.15, 0.2) is 22.6 Å². The van der Waals surface area contributed by atoms with Crippen LogP contribution in [0.4, 0.5) is 6.01 Å². The van der Waals surface area contributed by atoms with Crippen LogP contribution in [0.5, 0.6) is 5.75 Å². The Morgan fingerprint density at radius 2 is 2.25 bits per heavy atom. The van der Waals surface area contributed by atoms with Gasteiger partial charge in [-0.1, -0.05) is 16.7 Å². The summed E-state index contributed by atoms with van der Waals surface area (Å²) in [7, 11) is 0. The summed E-state index contributed by atoms with van der Waals surface area (Å²) >= 11 is 5.82. The Labute approximate surface area is 97.2 Å². The number of nitrogen functional groups attached to an aromatic ring is 1. The SMILES string of the molecule is Cc1cc(Cl)ccc1OCc1nnc(N)o1. The van der Waals surface area contributed by atoms with Crippen LogP contribution in [0, 0.1) is 6.92 Å². The molecule has 0 aliphatic carbocycles. The van der Waals surface area contributed by atoms with E-state index in [0.717, 1.165) is 11.3 Å². The fraction of sp³-hybridized carbons (Fsp3) is 0.200. The third kappa shape index (κ3) is 2.43. The van der Waals surface area contributed by atoms with Crippen LogP contribution in [-0.4, -0.2) is 10.2 Å². The van der Waals surface area contributed by atoms with Gasteiger partial charge in [0.15, 0.2) is 6.61 Å². The summed E-state index contributed by atoms with van der Waals surface area (Å²) < 4.78 is 10.5. The van der Waals surface area contributed by atoms with Crippen LogP contribution in [0.3, 0.4) is 0 Å². The van der Waals surface area contributed by atoms with E-state index in [2.05, 4.69) is 10.2 Å². The molecular formula is C10H10ClN3O2. The number of hydrogen-bond donors (Lipinski definition) is 1. The monoisotopic (exact) mass is 239 g/mol. The van der Waals surface area contributed by atoms with Gasteiger partial charge in [-0.3, -0.25) is 0 Å². The molecule has 0 aliphatic rings. The van der Waals surface area contributed by atoms with Crippen LogP contribution < -0.4 is 10.5 Å². The zero-order chi connectivity index (χ0) is 11.5. The highest BCUT2D eigenvalue weighted by Gasteiger charge is 2.05. The number of anilines is 1. The molecule has 0 atom stereocenters. The molecule has 0 bridgehead atoms. The van der Waals surface area contributed by atoms with Crippen LogP contribution >= 0.6 is 11.6 Å². The van der Waals surface area contributed by atoms with E-state index in [9.17, 15) is 0 Å². The molecule has 1 aromatic carbocycles. The summed E-state index contributed by atoms with van der Waals surface area (Å²) in [5.41, 5.74) is 6.23. The molecule has 1 aromatic heterocycles. The first-order valence-corrected chi connectivity index (χ1v) is 5.00. The van der Waals surface area contributed by atoms with Crippen molar-refractivity contribution in [1.29, 1.82) is 0 Å². The van der Waals surface area contributed by atoms with Crippen molar-refractivity contribution in [1.82, 2.24) is 10.2 Å². The van der Waals surface area contributed by atoms with Crippen molar-refractivity contribution in [3.8, 4) is 5.75 Å². The van der Waals surface area contributed by atoms with Gasteiger partial charge in [0, 0.05) is 5.02 Å². The molecular weight excluding hydrogens is 230 g/mol. The summed E-state index contributed by atoms with van der Waals surface area (Å²) in [5, 5.41) is 7.88. The molecule has 0 fully saturated rings. The van der Waals surface area contributed by atoms with Crippen molar-refractivity contribution in [3.63, 3.8) is 0 Å². The van der Waals surface area contributed by atoms with Gasteiger partial charge in [0.2, 0.25) is 0 Å². The fourth-order valence-electron chi connectivity index (χ4n) is 1.24. The van der Waals surface area contributed by atoms with Gasteiger partial charge in [0.25, 0.3) is 5.89 Å². The minimum atomic E-state index is 0.0337. The normalized spacial score (nSPS) is 10.4. The summed E-state index contributed by atoms with van der Waals surface area (Å²) in [5.74, 6) is 1.06. The second kappa shape index (κ2) is 4.40. The van der Waals surface area contributed by atoms with Gasteiger partial charge in [0.05, 0.1) is 0 Å². The lowest BCUT2D eigenvalue weighted by atomic mass is 10.2. The summed E-state index contributed by atoms with van der Waals surface area (Å²) in [6.07, 6.45) is 0. The molecule has 0 radical (unpaired) electrons. The number of nitrogens with zero attached hydrogens (tertiary/aromatic N) is 2. The molecule has 2 N–H and O–H groups in total. The molecule has 0 amide bonds. The third-order valence-electron chi connectivity index (χ3n) is 1.97. The Bertz CT molecular complexity index is 499. The summed E-state index contributed by atoms with van der Waals surface area (Å²) in [4.78, 5) is 0. The quantitative estimate of drug-likeness (QED) is 0.889. The Morgan fingerprint density at radius 3 is 2.88 bits per heavy atom. The van der Waals surface area contributed by atoms with Crippen LogP contribution in [-0.2, 0) is 6.61 Å². The number of aryl methyl sites for hydroxylation is 1. The van der Waals surface area contributed by atoms with Crippen molar-refractivity contribution >= 4 is 17.6 Å². The van der Waals surface area contributed by atoms with E-state index in [-0.39, 0.29) is 12.6 Å². The van der Waals surface area contributed by atoms with Crippen LogP contribution in [0.25, 0.3) is 0 Å². The van der Waals surface area contributed by atoms with Gasteiger partial charge in [-0.25, -0.2) is 0 Å². The topological polar surface area (TPSA) is 74.2 Å². The number of hydrogen-bond acceptors (Lipinski definition) is 5. The average Bonchev–Trinajstić information content (AvgIpc) is 2.63. The number of aromatic nitrogens is 2. The molecule has 84 valence electrons. The standard InChI is InChI=1S/C10H10ClN3O2/c1-6-4-7(11)2-3-8(6)15-5-9-13-14-10(12)16-9/h2-4H,5H2,1H3,(H2,12,14). The first kappa shape index (κ1) is 10.8. The maximum absolute atomic E-state index is 5.82. The van der Waals surface area contributed by atoms with Gasteiger partial charge in [0.1, 0.15) is 5.75 Å². The Balaban J connectivity index is 2.04. The lowest BCUT2D eigenvalue weighted by Crippen LogP contribution is -1.97. The van der Waals surface area contributed by atoms with Crippen molar-refractivity contribution in [2.24, 2.45) is 0 Å². The first-order chi connectivity index (χ1) is 7.65. The molecule has 2 aromatic rings. The molecule has 2 rings (SSSR count). The second-order valence-corrected chi connectivity index (χ2v) is 3.67. The molecule has 6 heteroatoms. The van der Waals surface area contributed by atoms with Gasteiger partial charge in [-0.2, -0.15) is 0 Å². The van der Waals surface area contributed by atoms with Gasteiger partial charge < -0.3 is 14.9 Å². The van der Waals surface area contributed by atoms with E-state index < -0.39 is 0 Å². The van der Waals surface area contributed by atoms with Crippen molar-refractivity contribution in [2.45, 2.75) is 13.5 Å². The number of benzene rings is 1. The summed E-state index contributed by atoms with van der Waals surface area (Å²) in [6.45, 7) is 2.09. The minimum absolute atomic E-state index is 0.0337. The molecule has 1 heterocycles. The first-order valence-electron chi connectivity index (χ1n) is 4.62. The van der Waals surface area contributed by atoms with Crippen molar-refractivity contribution in [2.75, 3.05) is 5.73 Å². The zero-order valence-electron chi connectivity index (χ0n) is 8.61. The van der Waals surface area contributed by atoms with E-state index in [4.69, 9.17) is 26.5 Å². The van der Waals surface area contributed by atoms with Crippen molar-refractivity contribution in [3.05, 3.63) is 34.7 Å². The van der Waals surface area contributed by atoms with E-state index in [1.807, 2.05) is 13.0 Å². The molecule has 0 saturated carbocycles. The van der Waals surface area contributed by atoms with E-state index in [1.54, 1.807) is 12.1 Å². The lowest BCUT2D eigenvalue weighted by molar-refractivity contribution is 0.263. The maximum atomic E-state index is 5.82. The Morgan fingerprint density at radius 1 is 1.44 bits per heavy atom. The molecule has 16 heavy (non-hydrogen) atoms. The molecule has 0 saturated heterocycles. The van der Waals surface area contributed by atoms with Gasteiger partial charge in [-0.05, 0) is 30.7 Å². The predicted molar refractivity (Wildman–Crippen MR) is 59.2 cm³/mol. The Kier molecular flexibility index (Phi) is 2.96. The second-order valence-electron chi connectivity index (χ2n) is 3.23. The smallest absolute Gasteiger partial charge is 0.312 e. The number of ether oxygens (including phenoxy) is 1.